The van der Waals surface area contributed by atoms with E-state index in [0.29, 0.717) is 39.4 Å². The molecule has 11 rings (SSSR count). The fraction of sp³-hybridized carbons (Fsp3) is 0.333. The Morgan fingerprint density at radius 2 is 0.738 bits per heavy atom. The molecule has 3 fully saturated rings. The first-order valence-corrected chi connectivity index (χ1v) is 29.6. The highest BCUT2D eigenvalue weighted by Crippen LogP contribution is 2.43. The van der Waals surface area contributed by atoms with E-state index in [-0.39, 0.29) is 46.2 Å². The normalized spacial score (nSPS) is 24.4. The minimum atomic E-state index is -1.68. The third-order valence-corrected chi connectivity index (χ3v) is 15.7. The van der Waals surface area contributed by atoms with Crippen molar-refractivity contribution < 1.29 is 47.4 Å². The molecule has 3 aliphatic rings. The second kappa shape index (κ2) is 30.9. The number of fused-ring (bicyclic) bond motifs is 4. The highest BCUT2D eigenvalue weighted by molar-refractivity contribution is 5.20. The molecule has 436 valence electrons. The number of rotatable bonds is 23. The summed E-state index contributed by atoms with van der Waals surface area (Å²) in [5.74, 6) is -1.68. The van der Waals surface area contributed by atoms with Crippen molar-refractivity contribution in [2.24, 2.45) is 0 Å². The van der Waals surface area contributed by atoms with Gasteiger partial charge in [0, 0.05) is 39.3 Å². The highest BCUT2D eigenvalue weighted by atomic mass is 16.8. The summed E-state index contributed by atoms with van der Waals surface area (Å²) in [7, 11) is 0. The van der Waals surface area contributed by atoms with Crippen molar-refractivity contribution in [1.29, 1.82) is 0 Å². The number of ether oxygens (including phenoxy) is 10. The molecule has 84 heavy (non-hydrogen) atoms. The standard InChI is InChI=1S/C72H78N2O10/c1-9-25-56(26-10-1)45-73-41-42-74(46-57-27-11-2-12-28-57)47-64-67(78-50-60-33-17-5-18-34-60)70(81-53-63-39-23-8-24-40-63)72(83-64,55-76-48-58-29-13-3-14-30-58)84-71-69(80-52-62-37-21-7-22-38-62)68(79-51-61-35-19-6-20-36-61)66(65(82-71)54-75-44-43-73)77-49-59-31-15-4-16-32-59/h1-40,64-71H,41-55H2/t64-,65-,66-,67-,68+,69-,70+,71-,72+/m1/s1. The predicted octanol–water partition coefficient (Wildman–Crippen LogP) is 12.0. The number of benzene rings is 8. The second-order valence-corrected chi connectivity index (χ2v) is 21.9. The monoisotopic (exact) mass is 1130 g/mol. The van der Waals surface area contributed by atoms with Gasteiger partial charge >= 0.3 is 0 Å². The molecule has 0 aromatic heterocycles. The van der Waals surface area contributed by atoms with Crippen LogP contribution in [0.3, 0.4) is 0 Å². The van der Waals surface area contributed by atoms with Gasteiger partial charge in [0.15, 0.2) is 6.29 Å². The molecule has 8 aromatic rings. The average Bonchev–Trinajstić information content (AvgIpc) is 4.01. The zero-order valence-corrected chi connectivity index (χ0v) is 47.8. The Kier molecular flexibility index (Phi) is 21.7. The van der Waals surface area contributed by atoms with Crippen molar-refractivity contribution in [3.8, 4) is 0 Å². The molecular weight excluding hydrogens is 1050 g/mol. The Balaban J connectivity index is 1.05. The van der Waals surface area contributed by atoms with E-state index >= 15 is 0 Å². The Morgan fingerprint density at radius 1 is 0.357 bits per heavy atom. The van der Waals surface area contributed by atoms with E-state index in [0.717, 1.165) is 46.5 Å². The van der Waals surface area contributed by atoms with Crippen molar-refractivity contribution >= 4 is 0 Å². The van der Waals surface area contributed by atoms with Gasteiger partial charge in [-0.05, 0) is 44.5 Å². The topological polar surface area (TPSA) is 98.8 Å². The van der Waals surface area contributed by atoms with E-state index in [9.17, 15) is 0 Å². The van der Waals surface area contributed by atoms with Gasteiger partial charge in [-0.3, -0.25) is 9.80 Å². The Bertz CT molecular complexity index is 3090. The lowest BCUT2D eigenvalue weighted by Crippen LogP contribution is -2.65. The molecule has 9 atom stereocenters. The van der Waals surface area contributed by atoms with Gasteiger partial charge in [-0.1, -0.05) is 243 Å². The van der Waals surface area contributed by atoms with Gasteiger partial charge in [0.25, 0.3) is 0 Å². The lowest BCUT2D eigenvalue weighted by atomic mass is 9.97. The minimum absolute atomic E-state index is 0.0670. The molecule has 0 radical (unpaired) electrons. The van der Waals surface area contributed by atoms with Crippen LogP contribution in [-0.4, -0.2) is 111 Å². The van der Waals surface area contributed by atoms with Crippen molar-refractivity contribution in [2.45, 2.75) is 108 Å². The maximum Gasteiger partial charge on any atom is 0.224 e. The van der Waals surface area contributed by atoms with Crippen LogP contribution in [0.15, 0.2) is 243 Å². The van der Waals surface area contributed by atoms with E-state index < -0.39 is 54.8 Å². The Hall–Kier alpha value is -6.72. The van der Waals surface area contributed by atoms with Crippen LogP contribution in [0, 0.1) is 0 Å². The number of hydrogen-bond acceptors (Lipinski definition) is 12. The average molecular weight is 1130 g/mol. The van der Waals surface area contributed by atoms with Crippen LogP contribution in [0.2, 0.25) is 0 Å². The van der Waals surface area contributed by atoms with Crippen molar-refractivity contribution in [1.82, 2.24) is 9.80 Å². The molecule has 0 saturated carbocycles. The number of nitrogens with zero attached hydrogens (tertiary/aromatic N) is 2. The van der Waals surface area contributed by atoms with Gasteiger partial charge in [0.05, 0.1) is 52.9 Å². The number of hydrogen-bond donors (Lipinski definition) is 0. The largest absolute Gasteiger partial charge is 0.377 e. The molecule has 8 aromatic carbocycles. The second-order valence-electron chi connectivity index (χ2n) is 21.9. The quantitative estimate of drug-likeness (QED) is 0.0610. The highest BCUT2D eigenvalue weighted by Gasteiger charge is 2.62. The summed E-state index contributed by atoms with van der Waals surface area (Å²) in [4.78, 5) is 4.95. The fourth-order valence-corrected chi connectivity index (χ4v) is 11.3. The lowest BCUT2D eigenvalue weighted by Gasteiger charge is -2.48. The Morgan fingerprint density at radius 3 is 1.21 bits per heavy atom. The van der Waals surface area contributed by atoms with Crippen molar-refractivity contribution in [3.63, 3.8) is 0 Å². The Labute approximate surface area is 495 Å². The zero-order valence-electron chi connectivity index (χ0n) is 47.8. The van der Waals surface area contributed by atoms with Gasteiger partial charge in [0.2, 0.25) is 5.79 Å². The van der Waals surface area contributed by atoms with Gasteiger partial charge in [0.1, 0.15) is 49.3 Å². The molecule has 3 aliphatic heterocycles. The van der Waals surface area contributed by atoms with Crippen LogP contribution in [0.5, 0.6) is 0 Å². The first-order chi connectivity index (χ1) is 41.6. The molecular formula is C72H78N2O10. The van der Waals surface area contributed by atoms with Gasteiger partial charge in [-0.15, -0.1) is 0 Å². The van der Waals surface area contributed by atoms with Crippen LogP contribution in [0.1, 0.15) is 44.5 Å². The summed E-state index contributed by atoms with van der Waals surface area (Å²) in [5, 5.41) is 0. The zero-order chi connectivity index (χ0) is 56.9. The maximum absolute atomic E-state index is 7.84. The van der Waals surface area contributed by atoms with E-state index in [1.165, 1.54) is 11.1 Å². The summed E-state index contributed by atoms with van der Waals surface area (Å²) in [6, 6.07) is 82.4. The third kappa shape index (κ3) is 16.8. The molecule has 12 heteroatoms. The van der Waals surface area contributed by atoms with Gasteiger partial charge in [-0.25, -0.2) is 0 Å². The first kappa shape index (κ1) is 59.0. The van der Waals surface area contributed by atoms with E-state index in [1.807, 2.05) is 109 Å². The first-order valence-electron chi connectivity index (χ1n) is 29.6. The van der Waals surface area contributed by atoms with Crippen LogP contribution in [-0.2, 0) is 100 Å². The molecule has 3 heterocycles. The summed E-state index contributed by atoms with van der Waals surface area (Å²) < 4.78 is 73.2. The van der Waals surface area contributed by atoms with Crippen LogP contribution in [0.25, 0.3) is 0 Å². The van der Waals surface area contributed by atoms with E-state index in [4.69, 9.17) is 47.4 Å². The smallest absolute Gasteiger partial charge is 0.224 e. The SMILES string of the molecule is c1ccc(COC[C@@]23O[C@H]4O[C@H](COCCN(Cc5ccccc5)CCN(Cc5ccccc5)C[C@@H](O2)[C@@H](OCc2ccccc2)[C@@H]3OCc2ccccc2)[C@@H](OCc2ccccc2)[C@H](OCc2ccccc2)[C@H]4OCc2ccccc2)cc1. The summed E-state index contributed by atoms with van der Waals surface area (Å²) >= 11 is 0. The molecule has 0 spiro atoms. The van der Waals surface area contributed by atoms with E-state index in [1.54, 1.807) is 0 Å². The summed E-state index contributed by atoms with van der Waals surface area (Å²) in [6.07, 6.45) is -6.47. The van der Waals surface area contributed by atoms with Gasteiger partial charge < -0.3 is 47.4 Å². The molecule has 3 saturated heterocycles. The van der Waals surface area contributed by atoms with Crippen molar-refractivity contribution in [2.75, 3.05) is 46.0 Å². The summed E-state index contributed by atoms with van der Waals surface area (Å²) in [6.45, 7) is 6.03. The van der Waals surface area contributed by atoms with Crippen LogP contribution in [0.4, 0.5) is 0 Å². The minimum Gasteiger partial charge on any atom is -0.377 e. The fourth-order valence-electron chi connectivity index (χ4n) is 11.3. The van der Waals surface area contributed by atoms with E-state index in [2.05, 4.69) is 143 Å². The van der Waals surface area contributed by atoms with Crippen molar-refractivity contribution in [3.05, 3.63) is 287 Å². The maximum atomic E-state index is 7.84. The van der Waals surface area contributed by atoms with Crippen LogP contribution >= 0.6 is 0 Å². The predicted molar refractivity (Wildman–Crippen MR) is 323 cm³/mol. The molecule has 0 amide bonds. The third-order valence-electron chi connectivity index (χ3n) is 15.7. The lowest BCUT2D eigenvalue weighted by molar-refractivity contribution is -0.398. The molecule has 0 aliphatic carbocycles. The van der Waals surface area contributed by atoms with Crippen LogP contribution < -0.4 is 0 Å². The molecule has 0 N–H and O–H groups in total. The molecule has 0 unspecified atom stereocenters. The summed E-state index contributed by atoms with van der Waals surface area (Å²) in [5.41, 5.74) is 8.35. The molecule has 12 nitrogen and oxygen atoms in total. The van der Waals surface area contributed by atoms with Gasteiger partial charge in [-0.2, -0.15) is 0 Å². The molecule has 4 bridgehead atoms.